The molecule has 0 aliphatic rings. The molecular weight excluding hydrogens is 300 g/mol. The summed E-state index contributed by atoms with van der Waals surface area (Å²) in [6.45, 7) is 0. The molecule has 0 saturated carbocycles. The molecule has 3 aromatic rings. The Morgan fingerprint density at radius 2 is 1.73 bits per heavy atom. The van der Waals surface area contributed by atoms with Crippen molar-refractivity contribution in [2.75, 3.05) is 11.1 Å². The Hall–Kier alpha value is -2.79. The van der Waals surface area contributed by atoms with Gasteiger partial charge in [0.2, 0.25) is 5.95 Å². The van der Waals surface area contributed by atoms with Gasteiger partial charge in [-0.3, -0.25) is 9.36 Å². The second-order valence-corrected chi connectivity index (χ2v) is 5.08. The van der Waals surface area contributed by atoms with Crippen molar-refractivity contribution in [2.45, 2.75) is 0 Å². The molecule has 0 spiro atoms. The summed E-state index contributed by atoms with van der Waals surface area (Å²) in [6.07, 6.45) is 0. The van der Waals surface area contributed by atoms with E-state index in [1.807, 2.05) is 30.3 Å². The second-order valence-electron chi connectivity index (χ2n) is 4.65. The maximum atomic E-state index is 11.7. The van der Waals surface area contributed by atoms with E-state index in [-0.39, 0.29) is 0 Å². The summed E-state index contributed by atoms with van der Waals surface area (Å²) in [4.78, 5) is 15.7. The third kappa shape index (κ3) is 2.94. The predicted molar refractivity (Wildman–Crippen MR) is 89.0 cm³/mol. The Morgan fingerprint density at radius 3 is 2.41 bits per heavy atom. The van der Waals surface area contributed by atoms with Gasteiger partial charge in [-0.1, -0.05) is 29.8 Å². The standard InChI is InChI=1S/C16H13ClN4O/c17-11-6-8-13(9-7-11)21-14(18)10-15(22)20-16(21)19-12-4-2-1-3-5-12/h1-10H,18H2,(H,19,20,22). The number of aromatic nitrogens is 2. The van der Waals surface area contributed by atoms with E-state index >= 15 is 0 Å². The minimum atomic E-state index is -0.402. The molecule has 0 radical (unpaired) electrons. The zero-order valence-electron chi connectivity index (χ0n) is 11.5. The highest BCUT2D eigenvalue weighted by Gasteiger charge is 2.10. The number of nitrogens with zero attached hydrogens (tertiary/aromatic N) is 2. The topological polar surface area (TPSA) is 72.9 Å². The van der Waals surface area contributed by atoms with Crippen molar-refractivity contribution in [3.63, 3.8) is 0 Å². The van der Waals surface area contributed by atoms with Crippen molar-refractivity contribution < 1.29 is 0 Å². The van der Waals surface area contributed by atoms with E-state index in [0.717, 1.165) is 11.4 Å². The van der Waals surface area contributed by atoms with E-state index in [2.05, 4.69) is 10.3 Å². The van der Waals surface area contributed by atoms with E-state index in [4.69, 9.17) is 17.3 Å². The SMILES string of the molecule is Nc1cc(=O)nc(Nc2ccccc2)n1-c1ccc(Cl)cc1. The largest absolute Gasteiger partial charge is 0.385 e. The number of halogens is 1. The molecule has 0 saturated heterocycles. The van der Waals surface area contributed by atoms with E-state index in [1.54, 1.807) is 28.8 Å². The van der Waals surface area contributed by atoms with E-state index in [9.17, 15) is 4.79 Å². The Kier molecular flexibility index (Phi) is 3.80. The van der Waals surface area contributed by atoms with Crippen LogP contribution in [0.1, 0.15) is 0 Å². The number of nitrogens with two attached hydrogens (primary N) is 1. The summed E-state index contributed by atoms with van der Waals surface area (Å²) in [5, 5.41) is 3.73. The molecule has 6 heteroatoms. The lowest BCUT2D eigenvalue weighted by atomic mass is 10.3. The molecule has 22 heavy (non-hydrogen) atoms. The number of hydrogen-bond acceptors (Lipinski definition) is 4. The molecule has 0 fully saturated rings. The number of benzene rings is 2. The number of nitrogen functional groups attached to an aromatic ring is 1. The van der Waals surface area contributed by atoms with Crippen LogP contribution in [0.3, 0.4) is 0 Å². The fourth-order valence-electron chi connectivity index (χ4n) is 2.10. The summed E-state index contributed by atoms with van der Waals surface area (Å²) in [7, 11) is 0. The minimum absolute atomic E-state index is 0.292. The van der Waals surface area contributed by atoms with Gasteiger partial charge in [0.05, 0.1) is 5.69 Å². The van der Waals surface area contributed by atoms with Crippen LogP contribution in [-0.4, -0.2) is 9.55 Å². The number of anilines is 3. The van der Waals surface area contributed by atoms with Crippen molar-refractivity contribution in [3.05, 3.63) is 76.0 Å². The predicted octanol–water partition coefficient (Wildman–Crippen LogP) is 3.21. The average Bonchev–Trinajstić information content (AvgIpc) is 2.49. The van der Waals surface area contributed by atoms with Crippen molar-refractivity contribution in [1.29, 1.82) is 0 Å². The van der Waals surface area contributed by atoms with Gasteiger partial charge in [0.1, 0.15) is 5.82 Å². The van der Waals surface area contributed by atoms with Gasteiger partial charge in [0.25, 0.3) is 5.56 Å². The first kappa shape index (κ1) is 14.2. The van der Waals surface area contributed by atoms with Crippen molar-refractivity contribution >= 4 is 29.1 Å². The third-order valence-electron chi connectivity index (χ3n) is 3.07. The third-order valence-corrected chi connectivity index (χ3v) is 3.32. The van der Waals surface area contributed by atoms with Gasteiger partial charge in [-0.25, -0.2) is 0 Å². The van der Waals surface area contributed by atoms with Crippen LogP contribution in [0, 0.1) is 0 Å². The molecule has 0 amide bonds. The molecule has 3 N–H and O–H groups in total. The van der Waals surface area contributed by atoms with Gasteiger partial charge in [0.15, 0.2) is 0 Å². The number of rotatable bonds is 3. The van der Waals surface area contributed by atoms with Crippen LogP contribution in [0.15, 0.2) is 65.5 Å². The minimum Gasteiger partial charge on any atom is -0.385 e. The molecular formula is C16H13ClN4O. The van der Waals surface area contributed by atoms with Gasteiger partial charge in [0, 0.05) is 16.8 Å². The lowest BCUT2D eigenvalue weighted by Gasteiger charge is -2.16. The average molecular weight is 313 g/mol. The summed E-state index contributed by atoms with van der Waals surface area (Å²) in [6, 6.07) is 17.8. The summed E-state index contributed by atoms with van der Waals surface area (Å²) < 4.78 is 1.66. The molecule has 0 unspecified atom stereocenters. The lowest BCUT2D eigenvalue weighted by molar-refractivity contribution is 0.987. The first-order chi connectivity index (χ1) is 10.6. The fraction of sp³-hybridized carbons (Fsp3) is 0. The highest BCUT2D eigenvalue weighted by molar-refractivity contribution is 6.30. The maximum Gasteiger partial charge on any atom is 0.276 e. The lowest BCUT2D eigenvalue weighted by Crippen LogP contribution is -2.18. The van der Waals surface area contributed by atoms with Gasteiger partial charge >= 0.3 is 0 Å². The van der Waals surface area contributed by atoms with Crippen LogP contribution in [0.5, 0.6) is 0 Å². The molecule has 3 rings (SSSR count). The normalized spacial score (nSPS) is 10.4. The number of hydrogen-bond donors (Lipinski definition) is 2. The molecule has 1 heterocycles. The van der Waals surface area contributed by atoms with Crippen molar-refractivity contribution in [3.8, 4) is 5.69 Å². The Labute approximate surface area is 132 Å². The molecule has 0 atom stereocenters. The van der Waals surface area contributed by atoms with Crippen LogP contribution in [-0.2, 0) is 0 Å². The summed E-state index contributed by atoms with van der Waals surface area (Å²) in [5.41, 5.74) is 7.16. The highest BCUT2D eigenvalue weighted by Crippen LogP contribution is 2.22. The Bertz CT molecular complexity index is 844. The smallest absolute Gasteiger partial charge is 0.276 e. The molecule has 5 nitrogen and oxygen atoms in total. The molecule has 1 aromatic heterocycles. The molecule has 0 aliphatic heterocycles. The molecule has 110 valence electrons. The van der Waals surface area contributed by atoms with Crippen molar-refractivity contribution in [2.24, 2.45) is 0 Å². The van der Waals surface area contributed by atoms with E-state index < -0.39 is 5.56 Å². The Balaban J connectivity index is 2.12. The quantitative estimate of drug-likeness (QED) is 0.779. The van der Waals surface area contributed by atoms with Crippen LogP contribution < -0.4 is 16.6 Å². The maximum absolute atomic E-state index is 11.7. The fourth-order valence-corrected chi connectivity index (χ4v) is 2.22. The molecule has 2 aromatic carbocycles. The van der Waals surface area contributed by atoms with Crippen LogP contribution in [0.2, 0.25) is 5.02 Å². The monoisotopic (exact) mass is 312 g/mol. The summed E-state index contributed by atoms with van der Waals surface area (Å²) >= 11 is 5.91. The number of para-hydroxylation sites is 1. The first-order valence-corrected chi connectivity index (χ1v) is 6.99. The molecule has 0 bridgehead atoms. The van der Waals surface area contributed by atoms with Crippen molar-refractivity contribution in [1.82, 2.24) is 9.55 Å². The molecule has 0 aliphatic carbocycles. The summed E-state index contributed by atoms with van der Waals surface area (Å²) in [5.74, 6) is 0.638. The van der Waals surface area contributed by atoms with Gasteiger partial charge in [-0.05, 0) is 36.4 Å². The van der Waals surface area contributed by atoms with Gasteiger partial charge in [-0.15, -0.1) is 0 Å². The zero-order chi connectivity index (χ0) is 15.5. The van der Waals surface area contributed by atoms with Crippen LogP contribution >= 0.6 is 11.6 Å². The zero-order valence-corrected chi connectivity index (χ0v) is 12.3. The van der Waals surface area contributed by atoms with Gasteiger partial charge < -0.3 is 11.1 Å². The second kappa shape index (κ2) is 5.91. The highest BCUT2D eigenvalue weighted by atomic mass is 35.5. The first-order valence-electron chi connectivity index (χ1n) is 6.61. The Morgan fingerprint density at radius 1 is 1.05 bits per heavy atom. The van der Waals surface area contributed by atoms with Crippen LogP contribution in [0.4, 0.5) is 17.5 Å². The number of nitrogens with one attached hydrogen (secondary N) is 1. The van der Waals surface area contributed by atoms with Crippen LogP contribution in [0.25, 0.3) is 5.69 Å². The van der Waals surface area contributed by atoms with E-state index in [0.29, 0.717) is 16.8 Å². The van der Waals surface area contributed by atoms with Gasteiger partial charge in [-0.2, -0.15) is 4.98 Å². The van der Waals surface area contributed by atoms with E-state index in [1.165, 1.54) is 6.07 Å².